The Morgan fingerprint density at radius 3 is 1.17 bits per heavy atom. The molecule has 0 spiro atoms. The Balaban J connectivity index is 0.646. The summed E-state index contributed by atoms with van der Waals surface area (Å²) < 4.78 is 91.2. The Morgan fingerprint density at radius 1 is 0.353 bits per heavy atom. The van der Waals surface area contributed by atoms with Gasteiger partial charge in [0.1, 0.15) is 171 Å². The van der Waals surface area contributed by atoms with Crippen molar-refractivity contribution in [2.24, 2.45) is 0 Å². The smallest absolute Gasteiger partial charge is 0.222 e. The minimum absolute atomic E-state index is 0.00624. The Morgan fingerprint density at radius 2 is 0.731 bits per heavy atom. The lowest BCUT2D eigenvalue weighted by Crippen LogP contribution is -2.68. The topological polar surface area (TPSA) is 662 Å². The first-order valence-corrected chi connectivity index (χ1v) is 39.3. The van der Waals surface area contributed by atoms with Crippen molar-refractivity contribution in [2.75, 3.05) is 106 Å². The maximum absolute atomic E-state index is 12.8. The third kappa shape index (κ3) is 28.0. The molecule has 2 aromatic rings. The van der Waals surface area contributed by atoms with Gasteiger partial charge in [-0.3, -0.25) is 28.8 Å². The Kier molecular flexibility index (Phi) is 40.4. The molecule has 6 saturated heterocycles. The van der Waals surface area contributed by atoms with E-state index in [-0.39, 0.29) is 128 Å². The third-order valence-electron chi connectivity index (χ3n) is 20.3. The van der Waals surface area contributed by atoms with Crippen LogP contribution < -0.4 is 30.7 Å². The van der Waals surface area contributed by atoms with E-state index >= 15 is 0 Å². The Hall–Kier alpha value is -6.02. The van der Waals surface area contributed by atoms with Crippen LogP contribution in [0.5, 0.6) is 11.5 Å². The highest BCUT2D eigenvalue weighted by Crippen LogP contribution is 2.37. The molecule has 0 aromatic heterocycles. The number of benzene rings is 2. The number of amides is 4. The number of hydrogen-bond acceptors (Lipinski definition) is 40. The zero-order valence-corrected chi connectivity index (χ0v) is 65.9. The fourth-order valence-electron chi connectivity index (χ4n) is 13.8. The maximum Gasteiger partial charge on any atom is 0.222 e. The lowest BCUT2D eigenvalue weighted by Gasteiger charge is -2.48. The minimum Gasteiger partial charge on any atom is -0.486 e. The van der Waals surface area contributed by atoms with Gasteiger partial charge >= 0.3 is 0 Å². The third-order valence-corrected chi connectivity index (χ3v) is 20.3. The summed E-state index contributed by atoms with van der Waals surface area (Å²) in [7, 11) is 0. The highest BCUT2D eigenvalue weighted by molar-refractivity contribution is 5.81. The van der Waals surface area contributed by atoms with Crippen LogP contribution in [0.15, 0.2) is 42.5 Å². The molecule has 6 aliphatic heterocycles. The molecule has 44 heteroatoms. The van der Waals surface area contributed by atoms with Crippen molar-refractivity contribution in [3.05, 3.63) is 48.0 Å². The van der Waals surface area contributed by atoms with Gasteiger partial charge in [-0.25, -0.2) is 0 Å². The highest BCUT2D eigenvalue weighted by Gasteiger charge is 2.57. The van der Waals surface area contributed by atoms with E-state index in [1.807, 2.05) is 25.1 Å². The SMILES string of the molecule is CC(=O)NC1[C@H](OCCCNC(=O)CCCOCCC(=O)COc2ccc(-c3cc(C)cc(OCC(=O)CCCOCCC(=O)NCCCO[C@@H]4OC(CO)[C@@H](O[C@@H]5OC(CO)[C@H](O)[C@H](O[C@H]6OC(CO)[C@H](O)C(O)[C@@H]6O)C5O)[C@H](O)C4NC(C)=O)c3)cc2)OC(CO)[C@@H](O[C@@H]2OC(CO)[C@H](O)[C@H](O[C@H]3OC(CO)[C@H](O)C(O)[C@@H]3O)C2O)[C@@H]1O. The van der Waals surface area contributed by atoms with Crippen LogP contribution in [0.1, 0.15) is 70.8 Å². The summed E-state index contributed by atoms with van der Waals surface area (Å²) in [6, 6.07) is 9.84. The van der Waals surface area contributed by atoms with Gasteiger partial charge < -0.3 is 189 Å². The molecule has 0 saturated carbocycles. The van der Waals surface area contributed by atoms with Crippen LogP contribution >= 0.6 is 0 Å². The maximum atomic E-state index is 12.8. The second-order valence-electron chi connectivity index (χ2n) is 29.4. The Labute approximate surface area is 683 Å². The molecule has 2 aromatic carbocycles. The standard InChI is InChI=1S/C75H116N4O40/c1-35-24-39(26-43(25-35)109-33-40(88)8-4-18-105-23-15-51(91)77-17-7-21-107-71-53(79-37(3)87)59(97)67(49(32-85)115-71)117-75-65(103)69(57(95)47(30-83)113-75)119-73-63(101)61(99)55(93)45(28-81)111-73)38-10-12-42(13-11-38)108-34-41(89)14-22-104-19-5-9-50(90)76-16-6-20-106-70-52(78-36(2)86)58(96)66(48(31-84)114-70)116-74-64(102)68(56(94)46(29-82)112-74)118-72-62(100)60(98)54(92)44(27-80)110-72/h10-13,24-26,44-49,52-75,80-85,92-103H,4-9,14-23,27-34H2,1-3H3,(H,76,90)(H,77,91)(H,78,86)(H,79,87)/t44?,45?,46?,47?,48?,49?,52?,53?,54-,55-,56-,57-,58+,59+,60?,61?,62-,63-,64?,65?,66+,67+,68-,69-,70+,71+,72+,73+,74-,75-/m0/s1. The molecule has 12 unspecified atom stereocenters. The number of carbonyl (C=O) groups is 6. The summed E-state index contributed by atoms with van der Waals surface area (Å²) in [5.74, 6) is -1.43. The van der Waals surface area contributed by atoms with Crippen molar-refractivity contribution in [1.29, 1.82) is 0 Å². The first-order valence-electron chi connectivity index (χ1n) is 39.3. The van der Waals surface area contributed by atoms with Crippen LogP contribution in [0.3, 0.4) is 0 Å². The summed E-state index contributed by atoms with van der Waals surface area (Å²) in [4.78, 5) is 75.4. The molecule has 22 N–H and O–H groups in total. The van der Waals surface area contributed by atoms with E-state index in [1.165, 1.54) is 0 Å². The molecule has 30 atom stereocenters. The number of aliphatic hydroxyl groups excluding tert-OH is 18. The van der Waals surface area contributed by atoms with Crippen molar-refractivity contribution < 1.29 is 196 Å². The predicted molar refractivity (Wildman–Crippen MR) is 395 cm³/mol. The van der Waals surface area contributed by atoms with Crippen LogP contribution in [0.25, 0.3) is 11.1 Å². The number of aryl methyl sites for hydroxylation is 1. The van der Waals surface area contributed by atoms with Crippen molar-refractivity contribution in [3.8, 4) is 22.6 Å². The van der Waals surface area contributed by atoms with Gasteiger partial charge in [0.25, 0.3) is 0 Å². The van der Waals surface area contributed by atoms with Crippen LogP contribution in [0.4, 0.5) is 0 Å². The summed E-state index contributed by atoms with van der Waals surface area (Å²) in [6.07, 6.45) is -46.6. The Bertz CT molecular complexity index is 3410. The molecule has 4 amide bonds. The molecule has 0 radical (unpaired) electrons. The molecular weight excluding hydrogens is 1600 g/mol. The average Bonchev–Trinajstić information content (AvgIpc) is 0.776. The molecule has 0 aliphatic carbocycles. The number of Topliss-reactive ketones (excluding diaryl/α,β-unsaturated/α-hetero) is 2. The molecule has 6 aliphatic rings. The first kappa shape index (κ1) is 98.4. The highest BCUT2D eigenvalue weighted by atomic mass is 16.8. The summed E-state index contributed by atoms with van der Waals surface area (Å²) >= 11 is 0. The minimum atomic E-state index is -2.00. The summed E-state index contributed by atoms with van der Waals surface area (Å²) in [5, 5.41) is 200. The normalized spacial score (nSPS) is 34.8. The van der Waals surface area contributed by atoms with E-state index in [0.717, 1.165) is 30.5 Å². The van der Waals surface area contributed by atoms with Crippen molar-refractivity contribution in [3.63, 3.8) is 0 Å². The van der Waals surface area contributed by atoms with E-state index in [9.17, 15) is 121 Å². The van der Waals surface area contributed by atoms with E-state index < -0.39 is 236 Å². The zero-order chi connectivity index (χ0) is 86.7. The van der Waals surface area contributed by atoms with E-state index in [1.54, 1.807) is 24.3 Å². The number of ether oxygens (including phenoxy) is 16. The van der Waals surface area contributed by atoms with Crippen molar-refractivity contribution in [2.45, 2.75) is 256 Å². The lowest BCUT2D eigenvalue weighted by molar-refractivity contribution is -0.376. The predicted octanol–water partition coefficient (Wildman–Crippen LogP) is -9.84. The van der Waals surface area contributed by atoms with Gasteiger partial charge in [-0.15, -0.1) is 0 Å². The van der Waals surface area contributed by atoms with Crippen LogP contribution in [-0.4, -0.2) is 417 Å². The number of nitrogens with one attached hydrogen (secondary N) is 4. The summed E-state index contributed by atoms with van der Waals surface area (Å²) in [6.45, 7) is -0.669. The zero-order valence-electron chi connectivity index (χ0n) is 65.9. The van der Waals surface area contributed by atoms with Gasteiger partial charge in [0.2, 0.25) is 23.6 Å². The van der Waals surface area contributed by atoms with E-state index in [4.69, 9.17) is 75.8 Å². The largest absolute Gasteiger partial charge is 0.486 e. The van der Waals surface area contributed by atoms with Crippen molar-refractivity contribution >= 4 is 35.2 Å². The monoisotopic (exact) mass is 1710 g/mol. The molecule has 119 heavy (non-hydrogen) atoms. The van der Waals surface area contributed by atoms with Crippen LogP contribution in [-0.2, 0) is 95.1 Å². The lowest BCUT2D eigenvalue weighted by atomic mass is 9.95. The second kappa shape index (κ2) is 48.9. The number of ketones is 2. The van der Waals surface area contributed by atoms with Gasteiger partial charge in [-0.05, 0) is 73.6 Å². The molecule has 6 fully saturated rings. The number of aliphatic hydroxyl groups is 18. The van der Waals surface area contributed by atoms with Crippen LogP contribution in [0, 0.1) is 6.92 Å². The molecule has 8 rings (SSSR count). The van der Waals surface area contributed by atoms with Crippen molar-refractivity contribution in [1.82, 2.24) is 21.3 Å². The molecule has 6 heterocycles. The molecule has 0 bridgehead atoms. The fraction of sp³-hybridized carbons (Fsp3) is 0.760. The van der Waals surface area contributed by atoms with Gasteiger partial charge in [-0.1, -0.05) is 18.2 Å². The number of carbonyl (C=O) groups excluding carboxylic acids is 6. The van der Waals surface area contributed by atoms with Crippen LogP contribution in [0.2, 0.25) is 0 Å². The number of hydrogen-bond donors (Lipinski definition) is 22. The van der Waals surface area contributed by atoms with Gasteiger partial charge in [0.05, 0.1) is 66.1 Å². The van der Waals surface area contributed by atoms with E-state index in [0.29, 0.717) is 24.3 Å². The molecule has 676 valence electrons. The number of rotatable bonds is 47. The first-order chi connectivity index (χ1) is 56.9. The summed E-state index contributed by atoms with van der Waals surface area (Å²) in [5.41, 5.74) is 2.48. The quantitative estimate of drug-likeness (QED) is 0.0274. The van der Waals surface area contributed by atoms with Gasteiger partial charge in [-0.2, -0.15) is 0 Å². The van der Waals surface area contributed by atoms with Gasteiger partial charge in [0.15, 0.2) is 49.3 Å². The fourth-order valence-corrected chi connectivity index (χ4v) is 13.8. The molecule has 44 nitrogen and oxygen atoms in total. The average molecular weight is 1710 g/mol. The second-order valence-corrected chi connectivity index (χ2v) is 29.4. The molecular formula is C75H116N4O40. The van der Waals surface area contributed by atoms with E-state index in [2.05, 4.69) is 21.3 Å². The van der Waals surface area contributed by atoms with Gasteiger partial charge in [0, 0.05) is 65.8 Å².